The lowest BCUT2D eigenvalue weighted by molar-refractivity contribution is 0.467. The van der Waals surface area contributed by atoms with Gasteiger partial charge in [-0.05, 0) is 18.8 Å². The standard InChI is InChI=1S/C17H34O/c1-3-17(2)15-13-11-9-7-5-4-6-8-10-12-14-16-18/h14,16-18H,3-13,15H2,1-2H3/b16-14+. The van der Waals surface area contributed by atoms with Gasteiger partial charge in [-0.1, -0.05) is 84.1 Å². The second-order valence-electron chi connectivity index (χ2n) is 5.66. The molecule has 0 heterocycles. The van der Waals surface area contributed by atoms with E-state index >= 15 is 0 Å². The van der Waals surface area contributed by atoms with Crippen molar-refractivity contribution in [1.82, 2.24) is 0 Å². The zero-order chi connectivity index (χ0) is 13.5. The molecular weight excluding hydrogens is 220 g/mol. The minimum atomic E-state index is 0.929. The van der Waals surface area contributed by atoms with Crippen LogP contribution in [0.2, 0.25) is 0 Å². The lowest BCUT2D eigenvalue weighted by Gasteiger charge is -2.07. The molecule has 0 saturated heterocycles. The van der Waals surface area contributed by atoms with E-state index in [1.54, 1.807) is 0 Å². The first-order valence-electron chi connectivity index (χ1n) is 8.10. The van der Waals surface area contributed by atoms with Crippen LogP contribution < -0.4 is 0 Å². The summed E-state index contributed by atoms with van der Waals surface area (Å²) in [5.41, 5.74) is 0. The van der Waals surface area contributed by atoms with Gasteiger partial charge in [0.05, 0.1) is 6.26 Å². The summed E-state index contributed by atoms with van der Waals surface area (Å²) in [6.45, 7) is 4.66. The summed E-state index contributed by atoms with van der Waals surface area (Å²) in [7, 11) is 0. The largest absolute Gasteiger partial charge is 0.516 e. The SMILES string of the molecule is CCC(C)CCCCCCCCCCC/C=C/O. The van der Waals surface area contributed by atoms with Crippen molar-refractivity contribution in [2.75, 3.05) is 0 Å². The molecule has 0 aliphatic rings. The van der Waals surface area contributed by atoms with Gasteiger partial charge in [-0.2, -0.15) is 0 Å². The van der Waals surface area contributed by atoms with Crippen molar-refractivity contribution in [2.24, 2.45) is 5.92 Å². The van der Waals surface area contributed by atoms with Gasteiger partial charge in [0.15, 0.2) is 0 Å². The van der Waals surface area contributed by atoms with Crippen LogP contribution in [0.5, 0.6) is 0 Å². The molecule has 0 spiro atoms. The van der Waals surface area contributed by atoms with Gasteiger partial charge >= 0.3 is 0 Å². The summed E-state index contributed by atoms with van der Waals surface area (Å²) < 4.78 is 0. The minimum Gasteiger partial charge on any atom is -0.516 e. The van der Waals surface area contributed by atoms with Crippen LogP contribution >= 0.6 is 0 Å². The number of rotatable bonds is 13. The number of unbranched alkanes of at least 4 members (excludes halogenated alkanes) is 9. The molecule has 0 amide bonds. The Bertz CT molecular complexity index is 174. The van der Waals surface area contributed by atoms with Crippen LogP contribution in [-0.4, -0.2) is 5.11 Å². The van der Waals surface area contributed by atoms with Gasteiger partial charge in [-0.3, -0.25) is 0 Å². The third kappa shape index (κ3) is 13.6. The van der Waals surface area contributed by atoms with E-state index in [2.05, 4.69) is 13.8 Å². The van der Waals surface area contributed by atoms with Gasteiger partial charge < -0.3 is 5.11 Å². The highest BCUT2D eigenvalue weighted by Crippen LogP contribution is 2.15. The molecule has 0 aliphatic carbocycles. The van der Waals surface area contributed by atoms with E-state index in [9.17, 15) is 0 Å². The Kier molecular flexibility index (Phi) is 14.2. The van der Waals surface area contributed by atoms with Crippen LogP contribution in [0.3, 0.4) is 0 Å². The normalized spacial score (nSPS) is 13.2. The average Bonchev–Trinajstić information content (AvgIpc) is 2.39. The molecule has 0 rings (SSSR count). The van der Waals surface area contributed by atoms with Crippen LogP contribution in [0, 0.1) is 5.92 Å². The van der Waals surface area contributed by atoms with Gasteiger partial charge in [-0.25, -0.2) is 0 Å². The molecule has 0 saturated carbocycles. The number of hydrogen-bond acceptors (Lipinski definition) is 1. The predicted octanol–water partition coefficient (Wildman–Crippen LogP) is 6.40. The van der Waals surface area contributed by atoms with Gasteiger partial charge in [-0.15, -0.1) is 0 Å². The van der Waals surface area contributed by atoms with E-state index < -0.39 is 0 Å². The van der Waals surface area contributed by atoms with Crippen LogP contribution in [0.15, 0.2) is 12.3 Å². The zero-order valence-electron chi connectivity index (χ0n) is 12.7. The fourth-order valence-corrected chi connectivity index (χ4v) is 2.27. The topological polar surface area (TPSA) is 20.2 Å². The number of hydrogen-bond donors (Lipinski definition) is 1. The summed E-state index contributed by atoms with van der Waals surface area (Å²) in [4.78, 5) is 0. The average molecular weight is 254 g/mol. The third-order valence-corrected chi connectivity index (χ3v) is 3.87. The Morgan fingerprint density at radius 3 is 1.83 bits per heavy atom. The fraction of sp³-hybridized carbons (Fsp3) is 0.882. The smallest absolute Gasteiger partial charge is 0.0751 e. The van der Waals surface area contributed by atoms with Crippen molar-refractivity contribution < 1.29 is 5.11 Å². The van der Waals surface area contributed by atoms with Gasteiger partial charge in [0, 0.05) is 0 Å². The first kappa shape index (κ1) is 17.5. The van der Waals surface area contributed by atoms with E-state index in [1.165, 1.54) is 76.9 Å². The first-order valence-corrected chi connectivity index (χ1v) is 8.10. The molecule has 0 aliphatic heterocycles. The van der Waals surface area contributed by atoms with Crippen molar-refractivity contribution in [3.8, 4) is 0 Å². The fourth-order valence-electron chi connectivity index (χ4n) is 2.27. The van der Waals surface area contributed by atoms with Crippen LogP contribution in [0.1, 0.15) is 90.9 Å². The summed E-state index contributed by atoms with van der Waals surface area (Å²) >= 11 is 0. The van der Waals surface area contributed by atoms with E-state index in [-0.39, 0.29) is 0 Å². The Morgan fingerprint density at radius 1 is 0.833 bits per heavy atom. The molecule has 0 aromatic rings. The number of aliphatic hydroxyl groups excluding tert-OH is 1. The van der Waals surface area contributed by atoms with Crippen molar-refractivity contribution in [2.45, 2.75) is 90.9 Å². The highest BCUT2D eigenvalue weighted by atomic mass is 16.2. The van der Waals surface area contributed by atoms with Crippen LogP contribution in [0.4, 0.5) is 0 Å². The Hall–Kier alpha value is -0.460. The van der Waals surface area contributed by atoms with Gasteiger partial charge in [0.25, 0.3) is 0 Å². The number of aliphatic hydroxyl groups is 1. The first-order chi connectivity index (χ1) is 8.81. The summed E-state index contributed by atoms with van der Waals surface area (Å²) in [6.07, 6.45) is 19.3. The van der Waals surface area contributed by atoms with E-state index in [0.717, 1.165) is 12.3 Å². The molecule has 1 atom stereocenters. The van der Waals surface area contributed by atoms with Crippen molar-refractivity contribution in [3.63, 3.8) is 0 Å². The molecular formula is C17H34O. The third-order valence-electron chi connectivity index (χ3n) is 3.87. The van der Waals surface area contributed by atoms with Crippen LogP contribution in [0.25, 0.3) is 0 Å². The maximum absolute atomic E-state index is 8.48. The van der Waals surface area contributed by atoms with Gasteiger partial charge in [0.2, 0.25) is 0 Å². The molecule has 1 heteroatoms. The Morgan fingerprint density at radius 2 is 1.33 bits per heavy atom. The maximum atomic E-state index is 8.48. The van der Waals surface area contributed by atoms with E-state index in [0.29, 0.717) is 0 Å². The molecule has 108 valence electrons. The monoisotopic (exact) mass is 254 g/mol. The van der Waals surface area contributed by atoms with E-state index in [1.807, 2.05) is 6.08 Å². The molecule has 1 nitrogen and oxygen atoms in total. The highest BCUT2D eigenvalue weighted by molar-refractivity contribution is 4.70. The maximum Gasteiger partial charge on any atom is 0.0751 e. The predicted molar refractivity (Wildman–Crippen MR) is 82.0 cm³/mol. The van der Waals surface area contributed by atoms with E-state index in [4.69, 9.17) is 5.11 Å². The van der Waals surface area contributed by atoms with Crippen molar-refractivity contribution >= 4 is 0 Å². The molecule has 1 N–H and O–H groups in total. The molecule has 0 aromatic heterocycles. The Labute approximate surface area is 115 Å². The zero-order valence-corrected chi connectivity index (χ0v) is 12.7. The second kappa shape index (κ2) is 14.6. The molecule has 18 heavy (non-hydrogen) atoms. The summed E-state index contributed by atoms with van der Waals surface area (Å²) in [5, 5.41) is 8.48. The number of allylic oxidation sites excluding steroid dienone is 1. The summed E-state index contributed by atoms with van der Waals surface area (Å²) in [6, 6.07) is 0. The second-order valence-corrected chi connectivity index (χ2v) is 5.66. The minimum absolute atomic E-state index is 0.929. The molecule has 0 aromatic carbocycles. The molecule has 0 radical (unpaired) electrons. The molecule has 0 fully saturated rings. The van der Waals surface area contributed by atoms with Gasteiger partial charge in [0.1, 0.15) is 0 Å². The lowest BCUT2D eigenvalue weighted by atomic mass is 9.99. The molecule has 1 unspecified atom stereocenters. The highest BCUT2D eigenvalue weighted by Gasteiger charge is 1.98. The quantitative estimate of drug-likeness (QED) is 0.298. The summed E-state index contributed by atoms with van der Waals surface area (Å²) in [5.74, 6) is 0.929. The van der Waals surface area contributed by atoms with Crippen molar-refractivity contribution in [3.05, 3.63) is 12.3 Å². The Balaban J connectivity index is 2.99. The molecule has 0 bridgehead atoms. The van der Waals surface area contributed by atoms with Crippen molar-refractivity contribution in [1.29, 1.82) is 0 Å². The lowest BCUT2D eigenvalue weighted by Crippen LogP contribution is -1.91. The van der Waals surface area contributed by atoms with Crippen LogP contribution in [-0.2, 0) is 0 Å².